The molecule has 0 spiro atoms. The predicted molar refractivity (Wildman–Crippen MR) is 64.9 cm³/mol. The largest absolute Gasteiger partial charge is 0.393 e. The van der Waals surface area contributed by atoms with Crippen LogP contribution in [0.3, 0.4) is 0 Å². The molecule has 0 saturated heterocycles. The molecular weight excluding hydrogens is 200 g/mol. The van der Waals surface area contributed by atoms with Crippen molar-refractivity contribution in [2.24, 2.45) is 5.92 Å². The monoisotopic (exact) mass is 220 g/mol. The number of nitrogens with zero attached hydrogens (tertiary/aromatic N) is 1. The van der Waals surface area contributed by atoms with Gasteiger partial charge in [-0.15, -0.1) is 0 Å². The van der Waals surface area contributed by atoms with Crippen molar-refractivity contribution in [1.29, 1.82) is 0 Å². The van der Waals surface area contributed by atoms with E-state index in [2.05, 4.69) is 4.98 Å². The van der Waals surface area contributed by atoms with Gasteiger partial charge in [-0.25, -0.2) is 4.98 Å². The van der Waals surface area contributed by atoms with Crippen LogP contribution in [0.2, 0.25) is 0 Å². The van der Waals surface area contributed by atoms with Crippen LogP contribution in [0.4, 0.5) is 5.82 Å². The Morgan fingerprint density at radius 3 is 3.00 bits per heavy atom. The topological polar surface area (TPSA) is 59.1 Å². The fraction of sp³-hybridized carbons (Fsp3) is 0.615. The lowest BCUT2D eigenvalue weighted by Gasteiger charge is -2.16. The highest BCUT2D eigenvalue weighted by molar-refractivity contribution is 5.31. The van der Waals surface area contributed by atoms with Crippen molar-refractivity contribution in [3.05, 3.63) is 23.9 Å². The summed E-state index contributed by atoms with van der Waals surface area (Å²) in [6.45, 7) is 0. The van der Waals surface area contributed by atoms with E-state index < -0.39 is 0 Å². The molecule has 1 saturated carbocycles. The van der Waals surface area contributed by atoms with E-state index in [-0.39, 0.29) is 6.10 Å². The first-order valence-electron chi connectivity index (χ1n) is 6.12. The first kappa shape index (κ1) is 11.4. The average molecular weight is 220 g/mol. The molecule has 0 bridgehead atoms. The first-order valence-corrected chi connectivity index (χ1v) is 6.12. The number of aliphatic hydroxyl groups is 1. The van der Waals surface area contributed by atoms with Crippen molar-refractivity contribution in [3.8, 4) is 0 Å². The third-order valence-corrected chi connectivity index (χ3v) is 3.38. The molecule has 0 amide bonds. The molecule has 0 aromatic carbocycles. The van der Waals surface area contributed by atoms with Crippen LogP contribution in [0.25, 0.3) is 0 Å². The summed E-state index contributed by atoms with van der Waals surface area (Å²) >= 11 is 0. The normalized spacial score (nSPS) is 26.3. The number of aliphatic hydroxyl groups excluding tert-OH is 1. The van der Waals surface area contributed by atoms with Gasteiger partial charge in [0.05, 0.1) is 6.10 Å². The Bertz CT molecular complexity index is 340. The van der Waals surface area contributed by atoms with E-state index in [4.69, 9.17) is 5.73 Å². The smallest absolute Gasteiger partial charge is 0.123 e. The second-order valence-corrected chi connectivity index (χ2v) is 4.83. The van der Waals surface area contributed by atoms with E-state index in [0.717, 1.165) is 25.7 Å². The lowest BCUT2D eigenvalue weighted by molar-refractivity contribution is 0.141. The molecule has 1 aromatic rings. The minimum atomic E-state index is -0.105. The minimum Gasteiger partial charge on any atom is -0.393 e. The lowest BCUT2D eigenvalue weighted by Crippen LogP contribution is -2.12. The molecule has 1 fully saturated rings. The van der Waals surface area contributed by atoms with Crippen LogP contribution >= 0.6 is 0 Å². The number of hydrogen-bond donors (Lipinski definition) is 2. The maximum absolute atomic E-state index is 9.76. The maximum Gasteiger partial charge on any atom is 0.123 e. The molecule has 1 heterocycles. The summed E-state index contributed by atoms with van der Waals surface area (Å²) in [6.07, 6.45) is 8.20. The highest BCUT2D eigenvalue weighted by Crippen LogP contribution is 2.26. The van der Waals surface area contributed by atoms with Gasteiger partial charge < -0.3 is 10.8 Å². The fourth-order valence-corrected chi connectivity index (χ4v) is 2.57. The van der Waals surface area contributed by atoms with Gasteiger partial charge in [-0.05, 0) is 42.9 Å². The van der Waals surface area contributed by atoms with Crippen molar-refractivity contribution >= 4 is 5.82 Å². The Morgan fingerprint density at radius 1 is 1.38 bits per heavy atom. The number of nitrogen functional groups attached to an aromatic ring is 1. The molecule has 3 heteroatoms. The van der Waals surface area contributed by atoms with Gasteiger partial charge in [0.25, 0.3) is 0 Å². The van der Waals surface area contributed by atoms with Gasteiger partial charge >= 0.3 is 0 Å². The molecule has 88 valence electrons. The average Bonchev–Trinajstić information content (AvgIpc) is 2.43. The summed E-state index contributed by atoms with van der Waals surface area (Å²) in [5, 5.41) is 9.76. The summed E-state index contributed by atoms with van der Waals surface area (Å²) in [5.74, 6) is 1.19. The summed E-state index contributed by atoms with van der Waals surface area (Å²) in [7, 11) is 0. The van der Waals surface area contributed by atoms with Crippen LogP contribution in [-0.2, 0) is 6.42 Å². The van der Waals surface area contributed by atoms with Crippen molar-refractivity contribution in [2.45, 2.75) is 44.6 Å². The zero-order valence-corrected chi connectivity index (χ0v) is 9.60. The highest BCUT2D eigenvalue weighted by atomic mass is 16.3. The van der Waals surface area contributed by atoms with E-state index in [9.17, 15) is 5.11 Å². The Balaban J connectivity index is 1.97. The molecule has 0 aliphatic heterocycles. The van der Waals surface area contributed by atoms with Gasteiger partial charge in [-0.3, -0.25) is 0 Å². The number of aromatic nitrogens is 1. The van der Waals surface area contributed by atoms with Gasteiger partial charge in [-0.1, -0.05) is 19.3 Å². The van der Waals surface area contributed by atoms with Gasteiger partial charge in [0.15, 0.2) is 0 Å². The second kappa shape index (κ2) is 5.30. The molecular formula is C13H20N2O. The maximum atomic E-state index is 9.76. The molecule has 1 aliphatic carbocycles. The summed E-state index contributed by atoms with van der Waals surface area (Å²) in [5.41, 5.74) is 6.90. The number of hydrogen-bond acceptors (Lipinski definition) is 3. The van der Waals surface area contributed by atoms with Gasteiger partial charge in [0.2, 0.25) is 0 Å². The van der Waals surface area contributed by atoms with E-state index in [0.29, 0.717) is 11.7 Å². The van der Waals surface area contributed by atoms with Crippen molar-refractivity contribution in [3.63, 3.8) is 0 Å². The van der Waals surface area contributed by atoms with E-state index in [1.165, 1.54) is 18.4 Å². The van der Waals surface area contributed by atoms with Crippen molar-refractivity contribution in [1.82, 2.24) is 4.98 Å². The van der Waals surface area contributed by atoms with Crippen LogP contribution in [0, 0.1) is 5.92 Å². The number of rotatable bonds is 2. The first-order chi connectivity index (χ1) is 7.74. The molecule has 1 aromatic heterocycles. The molecule has 16 heavy (non-hydrogen) atoms. The zero-order chi connectivity index (χ0) is 11.4. The van der Waals surface area contributed by atoms with Gasteiger partial charge in [0.1, 0.15) is 5.82 Å². The van der Waals surface area contributed by atoms with Crippen LogP contribution in [0.1, 0.15) is 37.7 Å². The quantitative estimate of drug-likeness (QED) is 0.751. The molecule has 2 atom stereocenters. The third kappa shape index (κ3) is 3.20. The molecule has 2 unspecified atom stereocenters. The number of nitrogens with two attached hydrogens (primary N) is 1. The van der Waals surface area contributed by atoms with Crippen LogP contribution in [-0.4, -0.2) is 16.2 Å². The predicted octanol–water partition coefficient (Wildman–Crippen LogP) is 2.15. The Morgan fingerprint density at radius 2 is 2.19 bits per heavy atom. The molecule has 2 rings (SSSR count). The fourth-order valence-electron chi connectivity index (χ4n) is 2.57. The molecule has 3 N–H and O–H groups in total. The van der Waals surface area contributed by atoms with Crippen LogP contribution < -0.4 is 5.73 Å². The zero-order valence-electron chi connectivity index (χ0n) is 9.60. The summed E-state index contributed by atoms with van der Waals surface area (Å²) < 4.78 is 0. The lowest BCUT2D eigenvalue weighted by atomic mass is 9.92. The van der Waals surface area contributed by atoms with E-state index in [1.807, 2.05) is 12.1 Å². The Hall–Kier alpha value is -1.09. The highest BCUT2D eigenvalue weighted by Gasteiger charge is 2.18. The van der Waals surface area contributed by atoms with Crippen LogP contribution in [0.15, 0.2) is 18.3 Å². The van der Waals surface area contributed by atoms with Crippen molar-refractivity contribution < 1.29 is 5.11 Å². The standard InChI is InChI=1S/C13H20N2O/c14-13-9-11(5-6-15-13)7-10-3-1-2-4-12(16)8-10/h5-6,9-10,12,16H,1-4,7-8H2,(H2,14,15). The van der Waals surface area contributed by atoms with E-state index in [1.54, 1.807) is 6.20 Å². The summed E-state index contributed by atoms with van der Waals surface area (Å²) in [6, 6.07) is 3.96. The van der Waals surface area contributed by atoms with Crippen molar-refractivity contribution in [2.75, 3.05) is 5.73 Å². The van der Waals surface area contributed by atoms with Crippen LogP contribution in [0.5, 0.6) is 0 Å². The van der Waals surface area contributed by atoms with E-state index >= 15 is 0 Å². The molecule has 0 radical (unpaired) electrons. The second-order valence-electron chi connectivity index (χ2n) is 4.83. The number of anilines is 1. The summed E-state index contributed by atoms with van der Waals surface area (Å²) in [4.78, 5) is 3.99. The molecule has 3 nitrogen and oxygen atoms in total. The Labute approximate surface area is 96.7 Å². The van der Waals surface area contributed by atoms with Gasteiger partial charge in [-0.2, -0.15) is 0 Å². The SMILES string of the molecule is Nc1cc(CC2CCCCC(O)C2)ccn1. The third-order valence-electron chi connectivity index (χ3n) is 3.38. The number of pyridine rings is 1. The van der Waals surface area contributed by atoms with Gasteiger partial charge in [0, 0.05) is 6.20 Å². The minimum absolute atomic E-state index is 0.105. The molecule has 1 aliphatic rings. The Kier molecular flexibility index (Phi) is 3.78.